The van der Waals surface area contributed by atoms with Crippen molar-refractivity contribution in [2.24, 2.45) is 0 Å². The summed E-state index contributed by atoms with van der Waals surface area (Å²) in [5.41, 5.74) is 2.51. The van der Waals surface area contributed by atoms with Gasteiger partial charge in [-0.2, -0.15) is 0 Å². The van der Waals surface area contributed by atoms with E-state index in [-0.39, 0.29) is 6.10 Å². The molecule has 1 rings (SSSR count). The minimum absolute atomic E-state index is 0.0989. The van der Waals surface area contributed by atoms with Crippen molar-refractivity contribution >= 4 is 0 Å². The second kappa shape index (κ2) is 6.20. The molecule has 1 aromatic carbocycles. The predicted octanol–water partition coefficient (Wildman–Crippen LogP) is 3.51. The fourth-order valence-corrected chi connectivity index (χ4v) is 1.34. The summed E-state index contributed by atoms with van der Waals surface area (Å²) in [7, 11) is 0. The monoisotopic (exact) mass is 202 g/mol. The zero-order valence-corrected chi connectivity index (χ0v) is 9.28. The highest BCUT2D eigenvalue weighted by molar-refractivity contribution is 5.28. The third-order valence-corrected chi connectivity index (χ3v) is 2.32. The van der Waals surface area contributed by atoms with Crippen LogP contribution < -0.4 is 0 Å². The van der Waals surface area contributed by atoms with Gasteiger partial charge < -0.3 is 4.74 Å². The van der Waals surface area contributed by atoms with Crippen molar-refractivity contribution < 1.29 is 4.74 Å². The number of hydrogen-bond donors (Lipinski definition) is 0. The zero-order chi connectivity index (χ0) is 11.1. The van der Waals surface area contributed by atoms with Crippen LogP contribution >= 0.6 is 0 Å². The zero-order valence-electron chi connectivity index (χ0n) is 9.28. The summed E-state index contributed by atoms with van der Waals surface area (Å²) in [6.07, 6.45) is 4.70. The van der Waals surface area contributed by atoms with Crippen molar-refractivity contribution in [3.8, 4) is 0 Å². The molecule has 0 radical (unpaired) electrons. The second-order valence-electron chi connectivity index (χ2n) is 3.51. The van der Waals surface area contributed by atoms with E-state index in [1.165, 1.54) is 11.1 Å². The minimum atomic E-state index is 0.0989. The third-order valence-electron chi connectivity index (χ3n) is 2.32. The first kappa shape index (κ1) is 11.7. The first-order valence-electron chi connectivity index (χ1n) is 5.19. The quantitative estimate of drug-likeness (QED) is 0.641. The predicted molar refractivity (Wildman–Crippen MR) is 64.8 cm³/mol. The molecule has 0 amide bonds. The molecule has 1 atom stereocenters. The molecule has 0 N–H and O–H groups in total. The maximum absolute atomic E-state index is 5.61. The van der Waals surface area contributed by atoms with Gasteiger partial charge in [-0.3, -0.25) is 0 Å². The van der Waals surface area contributed by atoms with Gasteiger partial charge in [-0.15, -0.1) is 13.2 Å². The Morgan fingerprint density at radius 1 is 1.27 bits per heavy atom. The van der Waals surface area contributed by atoms with Gasteiger partial charge in [0.1, 0.15) is 0 Å². The molecule has 15 heavy (non-hydrogen) atoms. The fraction of sp³-hybridized carbons (Fsp3) is 0.286. The summed E-state index contributed by atoms with van der Waals surface area (Å²) in [5.74, 6) is 0. The molecule has 0 bridgehead atoms. The van der Waals surface area contributed by atoms with Crippen LogP contribution in [-0.2, 0) is 17.8 Å². The Kier molecular flexibility index (Phi) is 4.85. The lowest BCUT2D eigenvalue weighted by Crippen LogP contribution is -2.05. The summed E-state index contributed by atoms with van der Waals surface area (Å²) in [6, 6.07) is 8.27. The van der Waals surface area contributed by atoms with Gasteiger partial charge in [-0.25, -0.2) is 0 Å². The van der Waals surface area contributed by atoms with Gasteiger partial charge in [0.15, 0.2) is 0 Å². The lowest BCUT2D eigenvalue weighted by atomic mass is 10.1. The molecule has 0 spiro atoms. The SMILES string of the molecule is C=CCc1ccccc1COC(C)C=C. The van der Waals surface area contributed by atoms with E-state index in [4.69, 9.17) is 4.74 Å². The lowest BCUT2D eigenvalue weighted by molar-refractivity contribution is 0.0839. The van der Waals surface area contributed by atoms with Crippen molar-refractivity contribution in [2.75, 3.05) is 0 Å². The molecule has 80 valence electrons. The first-order valence-corrected chi connectivity index (χ1v) is 5.19. The summed E-state index contributed by atoms with van der Waals surface area (Å²) >= 11 is 0. The van der Waals surface area contributed by atoms with Crippen LogP contribution in [0.3, 0.4) is 0 Å². The normalized spacial score (nSPS) is 12.1. The Labute approximate surface area is 92.1 Å². The van der Waals surface area contributed by atoms with Crippen LogP contribution in [-0.4, -0.2) is 6.10 Å². The molecule has 1 heteroatoms. The fourth-order valence-electron chi connectivity index (χ4n) is 1.34. The van der Waals surface area contributed by atoms with E-state index in [2.05, 4.69) is 25.3 Å². The molecule has 1 unspecified atom stereocenters. The molecule has 0 aliphatic carbocycles. The van der Waals surface area contributed by atoms with Crippen LogP contribution in [0.2, 0.25) is 0 Å². The lowest BCUT2D eigenvalue weighted by Gasteiger charge is -2.11. The Bertz CT molecular complexity index is 328. The van der Waals surface area contributed by atoms with Gasteiger partial charge in [-0.05, 0) is 24.5 Å². The van der Waals surface area contributed by atoms with E-state index < -0.39 is 0 Å². The first-order chi connectivity index (χ1) is 7.27. The van der Waals surface area contributed by atoms with Crippen molar-refractivity contribution in [3.63, 3.8) is 0 Å². The standard InChI is InChI=1S/C14H18O/c1-4-8-13-9-6-7-10-14(13)11-15-12(3)5-2/h4-7,9-10,12H,1-2,8,11H2,3H3. The van der Waals surface area contributed by atoms with E-state index in [0.29, 0.717) is 6.61 Å². The minimum Gasteiger partial charge on any atom is -0.370 e. The largest absolute Gasteiger partial charge is 0.370 e. The van der Waals surface area contributed by atoms with Gasteiger partial charge in [0, 0.05) is 0 Å². The van der Waals surface area contributed by atoms with Gasteiger partial charge in [-0.1, -0.05) is 36.4 Å². The highest BCUT2D eigenvalue weighted by Crippen LogP contribution is 2.12. The van der Waals surface area contributed by atoms with E-state index in [1.54, 1.807) is 6.08 Å². The second-order valence-corrected chi connectivity index (χ2v) is 3.51. The van der Waals surface area contributed by atoms with Crippen molar-refractivity contribution in [1.29, 1.82) is 0 Å². The maximum atomic E-state index is 5.61. The summed E-state index contributed by atoms with van der Waals surface area (Å²) in [5, 5.41) is 0. The van der Waals surface area contributed by atoms with E-state index in [0.717, 1.165) is 6.42 Å². The van der Waals surface area contributed by atoms with Crippen LogP contribution in [0.5, 0.6) is 0 Å². The van der Waals surface area contributed by atoms with E-state index >= 15 is 0 Å². The van der Waals surface area contributed by atoms with Crippen molar-refractivity contribution in [3.05, 3.63) is 60.7 Å². The highest BCUT2D eigenvalue weighted by Gasteiger charge is 2.02. The molecule has 1 aromatic rings. The van der Waals surface area contributed by atoms with Gasteiger partial charge in [0.2, 0.25) is 0 Å². The van der Waals surface area contributed by atoms with Gasteiger partial charge >= 0.3 is 0 Å². The summed E-state index contributed by atoms with van der Waals surface area (Å²) < 4.78 is 5.61. The molecule has 0 aliphatic rings. The molecular formula is C14H18O. The van der Waals surface area contributed by atoms with E-state index in [9.17, 15) is 0 Å². The number of hydrogen-bond acceptors (Lipinski definition) is 1. The molecule has 0 aromatic heterocycles. The van der Waals surface area contributed by atoms with Crippen LogP contribution in [0.4, 0.5) is 0 Å². The van der Waals surface area contributed by atoms with Gasteiger partial charge in [0.25, 0.3) is 0 Å². The van der Waals surface area contributed by atoms with Gasteiger partial charge in [0.05, 0.1) is 12.7 Å². The number of benzene rings is 1. The number of allylic oxidation sites excluding steroid dienone is 1. The average molecular weight is 202 g/mol. The highest BCUT2D eigenvalue weighted by atomic mass is 16.5. The molecule has 0 fully saturated rings. The number of rotatable bonds is 6. The molecule has 0 saturated heterocycles. The molecular weight excluding hydrogens is 184 g/mol. The van der Waals surface area contributed by atoms with Crippen LogP contribution in [0.1, 0.15) is 18.1 Å². The Hall–Kier alpha value is -1.34. The van der Waals surface area contributed by atoms with E-state index in [1.807, 2.05) is 25.1 Å². The Balaban J connectivity index is 2.66. The van der Waals surface area contributed by atoms with Crippen molar-refractivity contribution in [2.45, 2.75) is 26.1 Å². The van der Waals surface area contributed by atoms with Crippen molar-refractivity contribution in [1.82, 2.24) is 0 Å². The molecule has 1 nitrogen and oxygen atoms in total. The number of ether oxygens (including phenoxy) is 1. The Morgan fingerprint density at radius 2 is 1.93 bits per heavy atom. The maximum Gasteiger partial charge on any atom is 0.0729 e. The average Bonchev–Trinajstić information content (AvgIpc) is 2.28. The summed E-state index contributed by atoms with van der Waals surface area (Å²) in [4.78, 5) is 0. The molecule has 0 saturated carbocycles. The molecule has 0 heterocycles. The van der Waals surface area contributed by atoms with Crippen LogP contribution in [0, 0.1) is 0 Å². The molecule has 0 aliphatic heterocycles. The third kappa shape index (κ3) is 3.72. The Morgan fingerprint density at radius 3 is 2.53 bits per heavy atom. The smallest absolute Gasteiger partial charge is 0.0729 e. The summed E-state index contributed by atoms with van der Waals surface area (Å²) in [6.45, 7) is 10.1. The topological polar surface area (TPSA) is 9.23 Å². The van der Waals surface area contributed by atoms with Crippen LogP contribution in [0.15, 0.2) is 49.6 Å². The van der Waals surface area contributed by atoms with Crippen LogP contribution in [0.25, 0.3) is 0 Å².